The van der Waals surface area contributed by atoms with Gasteiger partial charge in [-0.1, -0.05) is 36.4 Å². The first-order valence-electron chi connectivity index (χ1n) is 7.87. The van der Waals surface area contributed by atoms with Gasteiger partial charge in [0.05, 0.1) is 11.6 Å². The normalized spacial score (nSPS) is 10.2. The Bertz CT molecular complexity index is 719. The van der Waals surface area contributed by atoms with Gasteiger partial charge >= 0.3 is 5.97 Å². The van der Waals surface area contributed by atoms with Gasteiger partial charge in [-0.25, -0.2) is 0 Å². The summed E-state index contributed by atoms with van der Waals surface area (Å²) in [5.41, 5.74) is 1.92. The number of esters is 1. The third-order valence-corrected chi connectivity index (χ3v) is 4.15. The lowest BCUT2D eigenvalue weighted by Gasteiger charge is -2.08. The van der Waals surface area contributed by atoms with Crippen molar-refractivity contribution < 1.29 is 19.1 Å². The molecular weight excluding hydrogens is 386 g/mol. The average molecular weight is 406 g/mol. The number of halogens is 1. The second kappa shape index (κ2) is 9.84. The Morgan fingerprint density at radius 1 is 1.08 bits per heavy atom. The lowest BCUT2D eigenvalue weighted by atomic mass is 10.1. The third kappa shape index (κ3) is 6.58. The van der Waals surface area contributed by atoms with Crippen LogP contribution < -0.4 is 10.1 Å². The standard InChI is InChI=1S/C19H20BrNO4/c1-24-17-9-7-14(11-16(17)20)8-10-18(22)21-12-19(23)25-13-15-5-3-2-4-6-15/h2-7,9,11H,8,10,12-13H2,1H3,(H,21,22). The maximum absolute atomic E-state index is 11.8. The fourth-order valence-corrected chi connectivity index (χ4v) is 2.76. The zero-order valence-corrected chi connectivity index (χ0v) is 15.5. The van der Waals surface area contributed by atoms with Crippen LogP contribution >= 0.6 is 15.9 Å². The molecule has 0 fully saturated rings. The van der Waals surface area contributed by atoms with Crippen LogP contribution in [-0.4, -0.2) is 25.5 Å². The van der Waals surface area contributed by atoms with Gasteiger partial charge in [0.25, 0.3) is 0 Å². The summed E-state index contributed by atoms with van der Waals surface area (Å²) >= 11 is 3.41. The number of carbonyl (C=O) groups excluding carboxylic acids is 2. The van der Waals surface area contributed by atoms with E-state index in [1.165, 1.54) is 0 Å². The Morgan fingerprint density at radius 3 is 2.52 bits per heavy atom. The lowest BCUT2D eigenvalue weighted by Crippen LogP contribution is -2.30. The van der Waals surface area contributed by atoms with Crippen LogP contribution in [0.15, 0.2) is 53.0 Å². The van der Waals surface area contributed by atoms with Crippen LogP contribution in [0.25, 0.3) is 0 Å². The molecule has 0 aliphatic carbocycles. The van der Waals surface area contributed by atoms with Gasteiger partial charge in [-0.3, -0.25) is 9.59 Å². The number of benzene rings is 2. The Morgan fingerprint density at radius 2 is 1.84 bits per heavy atom. The van der Waals surface area contributed by atoms with Crippen molar-refractivity contribution in [1.29, 1.82) is 0 Å². The van der Waals surface area contributed by atoms with Crippen molar-refractivity contribution in [2.45, 2.75) is 19.4 Å². The molecule has 1 N–H and O–H groups in total. The summed E-state index contributed by atoms with van der Waals surface area (Å²) in [6, 6.07) is 15.1. The van der Waals surface area contributed by atoms with Crippen molar-refractivity contribution >= 4 is 27.8 Å². The molecule has 0 aliphatic heterocycles. The van der Waals surface area contributed by atoms with E-state index in [0.29, 0.717) is 12.8 Å². The molecule has 2 rings (SSSR count). The highest BCUT2D eigenvalue weighted by Gasteiger charge is 2.08. The van der Waals surface area contributed by atoms with E-state index in [1.807, 2.05) is 48.5 Å². The second-order valence-corrected chi connectivity index (χ2v) is 6.25. The minimum Gasteiger partial charge on any atom is -0.496 e. The van der Waals surface area contributed by atoms with Crippen LogP contribution in [0.1, 0.15) is 17.5 Å². The summed E-state index contributed by atoms with van der Waals surface area (Å²) in [5, 5.41) is 2.58. The number of ether oxygens (including phenoxy) is 2. The van der Waals surface area contributed by atoms with Crippen LogP contribution in [-0.2, 0) is 27.4 Å². The maximum Gasteiger partial charge on any atom is 0.325 e. The zero-order valence-electron chi connectivity index (χ0n) is 14.0. The third-order valence-electron chi connectivity index (χ3n) is 3.53. The minimum atomic E-state index is -0.454. The highest BCUT2D eigenvalue weighted by Crippen LogP contribution is 2.25. The van der Waals surface area contributed by atoms with Crippen molar-refractivity contribution in [1.82, 2.24) is 5.32 Å². The van der Waals surface area contributed by atoms with Gasteiger partial charge in [-0.15, -0.1) is 0 Å². The highest BCUT2D eigenvalue weighted by atomic mass is 79.9. The molecular formula is C19H20BrNO4. The Balaban J connectivity index is 1.68. The van der Waals surface area contributed by atoms with Crippen LogP contribution in [0.3, 0.4) is 0 Å². The molecule has 5 nitrogen and oxygen atoms in total. The minimum absolute atomic E-state index is 0.127. The van der Waals surface area contributed by atoms with E-state index in [4.69, 9.17) is 9.47 Å². The topological polar surface area (TPSA) is 64.6 Å². The molecule has 0 heterocycles. The van der Waals surface area contributed by atoms with Gasteiger partial charge in [0, 0.05) is 6.42 Å². The fourth-order valence-electron chi connectivity index (χ4n) is 2.17. The predicted octanol–water partition coefficient (Wildman–Crippen LogP) is 3.25. The quantitative estimate of drug-likeness (QED) is 0.684. The number of carbonyl (C=O) groups is 2. The molecule has 6 heteroatoms. The van der Waals surface area contributed by atoms with E-state index in [2.05, 4.69) is 21.2 Å². The molecule has 0 aliphatic rings. The largest absolute Gasteiger partial charge is 0.496 e. The number of rotatable bonds is 8. The van der Waals surface area contributed by atoms with E-state index in [0.717, 1.165) is 21.3 Å². The summed E-state index contributed by atoms with van der Waals surface area (Å²) < 4.78 is 11.1. The molecule has 0 saturated carbocycles. The summed E-state index contributed by atoms with van der Waals surface area (Å²) in [7, 11) is 1.60. The summed E-state index contributed by atoms with van der Waals surface area (Å²) in [6.45, 7) is 0.0768. The van der Waals surface area contributed by atoms with E-state index in [1.54, 1.807) is 7.11 Å². The predicted molar refractivity (Wildman–Crippen MR) is 98.3 cm³/mol. The van der Waals surface area contributed by atoms with E-state index >= 15 is 0 Å². The monoisotopic (exact) mass is 405 g/mol. The average Bonchev–Trinajstić information content (AvgIpc) is 2.64. The molecule has 0 atom stereocenters. The van der Waals surface area contributed by atoms with Gasteiger partial charge in [-0.2, -0.15) is 0 Å². The van der Waals surface area contributed by atoms with Crippen LogP contribution in [0.2, 0.25) is 0 Å². The number of hydrogen-bond donors (Lipinski definition) is 1. The molecule has 2 aromatic carbocycles. The molecule has 0 unspecified atom stereocenters. The first-order chi connectivity index (χ1) is 12.1. The maximum atomic E-state index is 11.8. The SMILES string of the molecule is COc1ccc(CCC(=O)NCC(=O)OCc2ccccc2)cc1Br. The van der Waals surface area contributed by atoms with Crippen molar-refractivity contribution in [3.8, 4) is 5.75 Å². The van der Waals surface area contributed by atoms with Gasteiger partial charge < -0.3 is 14.8 Å². The Kier molecular flexibility index (Phi) is 7.47. The van der Waals surface area contributed by atoms with Gasteiger partial charge in [0.2, 0.25) is 5.91 Å². The van der Waals surface area contributed by atoms with Crippen LogP contribution in [0.5, 0.6) is 5.75 Å². The fraction of sp³-hybridized carbons (Fsp3) is 0.263. The van der Waals surface area contributed by atoms with Crippen molar-refractivity contribution in [2.75, 3.05) is 13.7 Å². The zero-order chi connectivity index (χ0) is 18.1. The molecule has 25 heavy (non-hydrogen) atoms. The molecule has 0 radical (unpaired) electrons. The number of amides is 1. The number of methoxy groups -OCH3 is 1. The van der Waals surface area contributed by atoms with Crippen molar-refractivity contribution in [3.05, 3.63) is 64.1 Å². The smallest absolute Gasteiger partial charge is 0.325 e. The molecule has 0 bridgehead atoms. The lowest BCUT2D eigenvalue weighted by molar-refractivity contribution is -0.145. The van der Waals surface area contributed by atoms with Gasteiger partial charge in [0.15, 0.2) is 0 Å². The van der Waals surface area contributed by atoms with Crippen LogP contribution in [0, 0.1) is 0 Å². The van der Waals surface area contributed by atoms with E-state index < -0.39 is 5.97 Å². The Labute approximate surface area is 155 Å². The summed E-state index contributed by atoms with van der Waals surface area (Å²) in [4.78, 5) is 23.5. The number of aryl methyl sites for hydroxylation is 1. The van der Waals surface area contributed by atoms with E-state index in [9.17, 15) is 9.59 Å². The number of hydrogen-bond acceptors (Lipinski definition) is 4. The second-order valence-electron chi connectivity index (χ2n) is 5.39. The van der Waals surface area contributed by atoms with Gasteiger partial charge in [0.1, 0.15) is 18.9 Å². The van der Waals surface area contributed by atoms with Crippen molar-refractivity contribution in [3.63, 3.8) is 0 Å². The molecule has 132 valence electrons. The van der Waals surface area contributed by atoms with Crippen LogP contribution in [0.4, 0.5) is 0 Å². The first kappa shape index (κ1) is 19.0. The molecule has 1 amide bonds. The molecule has 2 aromatic rings. The molecule has 0 spiro atoms. The van der Waals surface area contributed by atoms with Crippen molar-refractivity contribution in [2.24, 2.45) is 0 Å². The Hall–Kier alpha value is -2.34. The summed E-state index contributed by atoms with van der Waals surface area (Å²) in [5.74, 6) is 0.0994. The highest BCUT2D eigenvalue weighted by molar-refractivity contribution is 9.10. The molecule has 0 saturated heterocycles. The number of nitrogens with one attached hydrogen (secondary N) is 1. The first-order valence-corrected chi connectivity index (χ1v) is 8.66. The van der Waals surface area contributed by atoms with Gasteiger partial charge in [-0.05, 0) is 45.6 Å². The van der Waals surface area contributed by atoms with E-state index in [-0.39, 0.29) is 19.1 Å². The molecule has 0 aromatic heterocycles. The summed E-state index contributed by atoms with van der Waals surface area (Å²) in [6.07, 6.45) is 0.873.